The molecule has 1 aromatic carbocycles. The predicted octanol–water partition coefficient (Wildman–Crippen LogP) is 3.97. The SMILES string of the molecule is CC/C(C)=C/C(=O)Nc1nc2ccccc2n1CCc1ccccn1. The number of hydrogen-bond donors (Lipinski definition) is 1. The van der Waals surface area contributed by atoms with E-state index >= 15 is 0 Å². The van der Waals surface area contributed by atoms with Crippen LogP contribution in [0.5, 0.6) is 0 Å². The Balaban J connectivity index is 1.88. The van der Waals surface area contributed by atoms with E-state index in [9.17, 15) is 4.79 Å². The van der Waals surface area contributed by atoms with Gasteiger partial charge < -0.3 is 4.57 Å². The third-order valence-electron chi connectivity index (χ3n) is 4.14. The minimum Gasteiger partial charge on any atom is -0.310 e. The van der Waals surface area contributed by atoms with Crippen LogP contribution in [-0.2, 0) is 17.8 Å². The van der Waals surface area contributed by atoms with Gasteiger partial charge in [-0.25, -0.2) is 4.98 Å². The molecule has 1 N–H and O–H groups in total. The molecule has 3 aromatic rings. The number of fused-ring (bicyclic) bond motifs is 1. The van der Waals surface area contributed by atoms with Crippen LogP contribution >= 0.6 is 0 Å². The van der Waals surface area contributed by atoms with Crippen molar-refractivity contribution in [1.29, 1.82) is 0 Å². The molecule has 3 rings (SSSR count). The topological polar surface area (TPSA) is 59.8 Å². The molecule has 2 aromatic heterocycles. The number of aryl methyl sites for hydroxylation is 2. The van der Waals surface area contributed by atoms with Crippen molar-refractivity contribution in [1.82, 2.24) is 14.5 Å². The van der Waals surface area contributed by atoms with E-state index in [1.54, 1.807) is 12.3 Å². The van der Waals surface area contributed by atoms with Crippen LogP contribution in [0.3, 0.4) is 0 Å². The normalized spacial score (nSPS) is 11.7. The Hall–Kier alpha value is -2.95. The number of aromatic nitrogens is 3. The standard InChI is InChI=1S/C20H22N4O/c1-3-15(2)14-19(25)23-20-22-17-9-4-5-10-18(17)24(20)13-11-16-8-6-7-12-21-16/h4-10,12,14H,3,11,13H2,1-2H3,(H,22,23,25)/b15-14+. The van der Waals surface area contributed by atoms with Gasteiger partial charge in [0.05, 0.1) is 11.0 Å². The van der Waals surface area contributed by atoms with Crippen LogP contribution in [0.15, 0.2) is 60.3 Å². The van der Waals surface area contributed by atoms with Crippen molar-refractivity contribution < 1.29 is 4.79 Å². The first-order chi connectivity index (χ1) is 12.2. The third-order valence-corrected chi connectivity index (χ3v) is 4.14. The summed E-state index contributed by atoms with van der Waals surface area (Å²) in [5, 5.41) is 2.92. The van der Waals surface area contributed by atoms with E-state index in [2.05, 4.69) is 15.3 Å². The maximum atomic E-state index is 12.2. The van der Waals surface area contributed by atoms with Crippen molar-refractivity contribution in [2.45, 2.75) is 33.2 Å². The number of amides is 1. The summed E-state index contributed by atoms with van der Waals surface area (Å²) >= 11 is 0. The fraction of sp³-hybridized carbons (Fsp3) is 0.250. The van der Waals surface area contributed by atoms with Gasteiger partial charge in [0.1, 0.15) is 0 Å². The van der Waals surface area contributed by atoms with Crippen molar-refractivity contribution in [3.63, 3.8) is 0 Å². The first kappa shape index (κ1) is 16.9. The average molecular weight is 334 g/mol. The highest BCUT2D eigenvalue weighted by Gasteiger charge is 2.12. The first-order valence-electron chi connectivity index (χ1n) is 8.50. The Morgan fingerprint density at radius 2 is 2.00 bits per heavy atom. The summed E-state index contributed by atoms with van der Waals surface area (Å²) in [6.45, 7) is 4.68. The molecule has 0 unspecified atom stereocenters. The molecule has 0 radical (unpaired) electrons. The Morgan fingerprint density at radius 3 is 2.76 bits per heavy atom. The Labute approximate surface area is 147 Å². The monoisotopic (exact) mass is 334 g/mol. The largest absolute Gasteiger partial charge is 0.310 e. The fourth-order valence-electron chi connectivity index (χ4n) is 2.64. The quantitative estimate of drug-likeness (QED) is 0.694. The molecule has 0 fully saturated rings. The molecular formula is C20H22N4O. The molecule has 5 nitrogen and oxygen atoms in total. The van der Waals surface area contributed by atoms with E-state index < -0.39 is 0 Å². The van der Waals surface area contributed by atoms with Crippen LogP contribution in [-0.4, -0.2) is 20.4 Å². The Morgan fingerprint density at radius 1 is 1.20 bits per heavy atom. The number of nitrogens with one attached hydrogen (secondary N) is 1. The zero-order chi connectivity index (χ0) is 17.6. The average Bonchev–Trinajstić information content (AvgIpc) is 2.97. The van der Waals surface area contributed by atoms with Crippen molar-refractivity contribution >= 4 is 22.9 Å². The van der Waals surface area contributed by atoms with Crippen molar-refractivity contribution in [3.8, 4) is 0 Å². The predicted molar refractivity (Wildman–Crippen MR) is 100 cm³/mol. The highest BCUT2D eigenvalue weighted by atomic mass is 16.1. The molecule has 0 saturated carbocycles. The summed E-state index contributed by atoms with van der Waals surface area (Å²) in [7, 11) is 0. The van der Waals surface area contributed by atoms with Gasteiger partial charge in [-0.05, 0) is 37.6 Å². The number of benzene rings is 1. The molecule has 2 heterocycles. The number of imidazole rings is 1. The molecule has 0 atom stereocenters. The zero-order valence-electron chi connectivity index (χ0n) is 14.6. The second-order valence-corrected chi connectivity index (χ2v) is 5.98. The number of para-hydroxylation sites is 2. The number of allylic oxidation sites excluding steroid dienone is 1. The molecular weight excluding hydrogens is 312 g/mol. The summed E-state index contributed by atoms with van der Waals surface area (Å²) in [6.07, 6.45) is 5.04. The minimum atomic E-state index is -0.145. The van der Waals surface area contributed by atoms with Gasteiger partial charge in [0.2, 0.25) is 5.95 Å². The number of carbonyl (C=O) groups is 1. The number of pyridine rings is 1. The summed E-state index contributed by atoms with van der Waals surface area (Å²) in [5.74, 6) is 0.427. The van der Waals surface area contributed by atoms with Crippen LogP contribution < -0.4 is 5.32 Å². The third kappa shape index (κ3) is 4.12. The maximum absolute atomic E-state index is 12.2. The number of rotatable bonds is 6. The lowest BCUT2D eigenvalue weighted by Crippen LogP contribution is -2.15. The van der Waals surface area contributed by atoms with Crippen LogP contribution in [0.25, 0.3) is 11.0 Å². The van der Waals surface area contributed by atoms with E-state index in [0.29, 0.717) is 12.5 Å². The highest BCUT2D eigenvalue weighted by molar-refractivity contribution is 5.99. The van der Waals surface area contributed by atoms with Crippen molar-refractivity contribution in [2.24, 2.45) is 0 Å². The zero-order valence-corrected chi connectivity index (χ0v) is 14.6. The van der Waals surface area contributed by atoms with Crippen molar-refractivity contribution in [2.75, 3.05) is 5.32 Å². The van der Waals surface area contributed by atoms with Crippen LogP contribution in [0.2, 0.25) is 0 Å². The van der Waals surface area contributed by atoms with Gasteiger partial charge in [0.15, 0.2) is 0 Å². The Kier molecular flexibility index (Phi) is 5.23. The molecule has 0 saturated heterocycles. The number of anilines is 1. The van der Waals surface area contributed by atoms with Gasteiger partial charge in [-0.2, -0.15) is 0 Å². The van der Waals surface area contributed by atoms with E-state index in [-0.39, 0.29) is 5.91 Å². The van der Waals surface area contributed by atoms with Gasteiger partial charge in [-0.1, -0.05) is 30.7 Å². The molecule has 0 aliphatic heterocycles. The van der Waals surface area contributed by atoms with Crippen molar-refractivity contribution in [3.05, 3.63) is 66.0 Å². The summed E-state index contributed by atoms with van der Waals surface area (Å²) in [4.78, 5) is 21.2. The lowest BCUT2D eigenvalue weighted by molar-refractivity contribution is -0.112. The molecule has 128 valence electrons. The Bertz CT molecular complexity index is 896. The minimum absolute atomic E-state index is 0.145. The van der Waals surface area contributed by atoms with Crippen LogP contribution in [0, 0.1) is 0 Å². The second kappa shape index (κ2) is 7.75. The van der Waals surface area contributed by atoms with Gasteiger partial charge in [-0.15, -0.1) is 0 Å². The summed E-state index contributed by atoms with van der Waals surface area (Å²) in [5.41, 5.74) is 3.92. The highest BCUT2D eigenvalue weighted by Crippen LogP contribution is 2.20. The second-order valence-electron chi connectivity index (χ2n) is 5.98. The van der Waals surface area contributed by atoms with E-state index in [1.807, 2.05) is 60.9 Å². The van der Waals surface area contributed by atoms with Crippen LogP contribution in [0.4, 0.5) is 5.95 Å². The molecule has 0 aliphatic carbocycles. The lowest BCUT2D eigenvalue weighted by atomic mass is 10.2. The summed E-state index contributed by atoms with van der Waals surface area (Å²) in [6, 6.07) is 13.8. The fourth-order valence-corrected chi connectivity index (χ4v) is 2.64. The van der Waals surface area contributed by atoms with Gasteiger partial charge in [0, 0.05) is 30.9 Å². The van der Waals surface area contributed by atoms with E-state index in [0.717, 1.165) is 35.1 Å². The van der Waals surface area contributed by atoms with E-state index in [1.165, 1.54) is 0 Å². The van der Waals surface area contributed by atoms with E-state index in [4.69, 9.17) is 0 Å². The van der Waals surface area contributed by atoms with Crippen LogP contribution in [0.1, 0.15) is 26.0 Å². The maximum Gasteiger partial charge on any atom is 0.250 e. The lowest BCUT2D eigenvalue weighted by Gasteiger charge is -2.09. The van der Waals surface area contributed by atoms with Gasteiger partial charge >= 0.3 is 0 Å². The number of nitrogens with zero attached hydrogens (tertiary/aromatic N) is 3. The molecule has 0 bridgehead atoms. The first-order valence-corrected chi connectivity index (χ1v) is 8.50. The smallest absolute Gasteiger partial charge is 0.250 e. The summed E-state index contributed by atoms with van der Waals surface area (Å²) < 4.78 is 2.04. The van der Waals surface area contributed by atoms with Gasteiger partial charge in [-0.3, -0.25) is 15.1 Å². The number of hydrogen-bond acceptors (Lipinski definition) is 3. The molecule has 0 aliphatic rings. The van der Waals surface area contributed by atoms with Gasteiger partial charge in [0.25, 0.3) is 5.91 Å². The molecule has 1 amide bonds. The molecule has 25 heavy (non-hydrogen) atoms. The molecule has 0 spiro atoms. The number of carbonyl (C=O) groups excluding carboxylic acids is 1. The molecule has 5 heteroatoms.